The predicted molar refractivity (Wildman–Crippen MR) is 125 cm³/mol. The summed E-state index contributed by atoms with van der Waals surface area (Å²) in [5.74, 6) is 2.01. The number of hydrogen-bond acceptors (Lipinski definition) is 5. The molecule has 2 aromatic heterocycles. The summed E-state index contributed by atoms with van der Waals surface area (Å²) in [5, 5.41) is 9.32. The maximum Gasteiger partial charge on any atom is 0.252 e. The first kappa shape index (κ1) is 20.6. The zero-order chi connectivity index (χ0) is 22.2. The van der Waals surface area contributed by atoms with Gasteiger partial charge in [-0.25, -0.2) is 4.98 Å². The summed E-state index contributed by atoms with van der Waals surface area (Å²) in [7, 11) is 1.74. The number of anilines is 1. The zero-order valence-electron chi connectivity index (χ0n) is 18.6. The summed E-state index contributed by atoms with van der Waals surface area (Å²) in [6.45, 7) is 3.77. The second kappa shape index (κ2) is 8.31. The minimum absolute atomic E-state index is 0.0673. The summed E-state index contributed by atoms with van der Waals surface area (Å²) in [4.78, 5) is 19.4. The molecule has 1 aliphatic carbocycles. The first-order valence-electron chi connectivity index (χ1n) is 11.5. The van der Waals surface area contributed by atoms with E-state index in [9.17, 15) is 10.1 Å². The van der Waals surface area contributed by atoms with Crippen LogP contribution in [0.2, 0.25) is 0 Å². The highest BCUT2D eigenvalue weighted by atomic mass is 16.5. The van der Waals surface area contributed by atoms with Crippen LogP contribution in [0.5, 0.6) is 5.75 Å². The minimum atomic E-state index is -0.0673. The molecule has 0 bridgehead atoms. The van der Waals surface area contributed by atoms with Gasteiger partial charge in [0, 0.05) is 38.5 Å². The van der Waals surface area contributed by atoms with Gasteiger partial charge in [-0.2, -0.15) is 5.26 Å². The molecule has 2 atom stereocenters. The van der Waals surface area contributed by atoms with Gasteiger partial charge in [0.1, 0.15) is 29.1 Å². The quantitative estimate of drug-likeness (QED) is 0.604. The molecular weight excluding hydrogens is 400 g/mol. The fraction of sp³-hybridized carbons (Fsp3) is 0.423. The summed E-state index contributed by atoms with van der Waals surface area (Å²) >= 11 is 0. The molecule has 0 spiro atoms. The van der Waals surface area contributed by atoms with Crippen LogP contribution in [0.4, 0.5) is 5.69 Å². The molecule has 32 heavy (non-hydrogen) atoms. The Morgan fingerprint density at radius 2 is 2.03 bits per heavy atom. The molecule has 2 aliphatic rings. The number of ether oxygens (including phenoxy) is 1. The van der Waals surface area contributed by atoms with E-state index in [1.165, 1.54) is 18.4 Å². The number of piperidine rings is 1. The van der Waals surface area contributed by atoms with Crippen molar-refractivity contribution in [2.75, 3.05) is 18.0 Å². The lowest BCUT2D eigenvalue weighted by Gasteiger charge is -2.39. The van der Waals surface area contributed by atoms with Gasteiger partial charge < -0.3 is 14.2 Å². The van der Waals surface area contributed by atoms with E-state index in [1.54, 1.807) is 23.7 Å². The summed E-state index contributed by atoms with van der Waals surface area (Å²) < 4.78 is 8.07. The Balaban J connectivity index is 1.41. The van der Waals surface area contributed by atoms with Crippen molar-refractivity contribution in [1.82, 2.24) is 9.55 Å². The summed E-state index contributed by atoms with van der Waals surface area (Å²) in [6, 6.07) is 15.8. The zero-order valence-corrected chi connectivity index (χ0v) is 18.6. The molecule has 0 N–H and O–H groups in total. The average molecular weight is 429 g/mol. The van der Waals surface area contributed by atoms with Crippen LogP contribution >= 0.6 is 0 Å². The van der Waals surface area contributed by atoms with Crippen LogP contribution in [0, 0.1) is 17.2 Å². The van der Waals surface area contributed by atoms with E-state index in [4.69, 9.17) is 4.74 Å². The van der Waals surface area contributed by atoms with Gasteiger partial charge >= 0.3 is 0 Å². The first-order valence-corrected chi connectivity index (χ1v) is 11.5. The molecule has 0 unspecified atom stereocenters. The van der Waals surface area contributed by atoms with E-state index in [0.29, 0.717) is 23.0 Å². The molecule has 1 aliphatic heterocycles. The fourth-order valence-corrected chi connectivity index (χ4v) is 4.83. The number of fused-ring (bicyclic) bond motifs is 1. The average Bonchev–Trinajstić information content (AvgIpc) is 3.67. The van der Waals surface area contributed by atoms with Crippen LogP contribution in [-0.4, -0.2) is 28.7 Å². The van der Waals surface area contributed by atoms with Crippen molar-refractivity contribution in [2.45, 2.75) is 44.6 Å². The van der Waals surface area contributed by atoms with Crippen molar-refractivity contribution in [2.24, 2.45) is 13.0 Å². The van der Waals surface area contributed by atoms with Crippen molar-refractivity contribution >= 4 is 16.7 Å². The van der Waals surface area contributed by atoms with Crippen molar-refractivity contribution < 1.29 is 4.74 Å². The van der Waals surface area contributed by atoms with Gasteiger partial charge in [0.05, 0.1) is 11.2 Å². The lowest BCUT2D eigenvalue weighted by atomic mass is 9.91. The Morgan fingerprint density at radius 3 is 2.78 bits per heavy atom. The normalized spacial score (nSPS) is 20.8. The van der Waals surface area contributed by atoms with Crippen LogP contribution in [0.1, 0.15) is 49.8 Å². The van der Waals surface area contributed by atoms with Gasteiger partial charge in [0.15, 0.2) is 0 Å². The largest absolute Gasteiger partial charge is 0.490 e. The minimum Gasteiger partial charge on any atom is -0.490 e. The lowest BCUT2D eigenvalue weighted by molar-refractivity contribution is 0.109. The molecule has 3 aromatic rings. The number of pyridine rings is 2. The third-order valence-corrected chi connectivity index (χ3v) is 6.91. The van der Waals surface area contributed by atoms with Crippen molar-refractivity contribution in [1.29, 1.82) is 5.26 Å². The Morgan fingerprint density at radius 1 is 1.19 bits per heavy atom. The standard InChI is InChI=1S/C26H28N4O2/c1-3-17-16-30(12-11-24(17)32-21-6-4-5-19(13-21)18-7-8-18)23-14-25(31)29(2)22-10-9-20(15-27)28-26(22)23/h4-6,9-10,13-14,17-18,24H,3,7-8,11-12,16H2,1-2H3/t17-,24-/m0/s1. The van der Waals surface area contributed by atoms with Crippen LogP contribution in [0.3, 0.4) is 0 Å². The third kappa shape index (κ3) is 3.84. The Bertz CT molecular complexity index is 1250. The van der Waals surface area contributed by atoms with Crippen molar-refractivity contribution in [3.8, 4) is 11.8 Å². The SMILES string of the molecule is CC[C@H]1CN(c2cc(=O)n(C)c3ccc(C#N)nc23)CC[C@@H]1Oc1cccc(C2CC2)c1. The lowest BCUT2D eigenvalue weighted by Crippen LogP contribution is -2.46. The molecule has 3 heterocycles. The molecule has 2 fully saturated rings. The Kier molecular flexibility index (Phi) is 5.34. The van der Waals surface area contributed by atoms with Gasteiger partial charge in [0.25, 0.3) is 5.56 Å². The van der Waals surface area contributed by atoms with E-state index in [2.05, 4.69) is 47.1 Å². The van der Waals surface area contributed by atoms with Crippen LogP contribution < -0.4 is 15.2 Å². The molecular formula is C26H28N4O2. The number of aryl methyl sites for hydroxylation is 1. The summed E-state index contributed by atoms with van der Waals surface area (Å²) in [6.07, 6.45) is 4.58. The van der Waals surface area contributed by atoms with Gasteiger partial charge in [-0.1, -0.05) is 19.1 Å². The Hall–Kier alpha value is -3.33. The number of hydrogen-bond donors (Lipinski definition) is 0. The van der Waals surface area contributed by atoms with E-state index in [-0.39, 0.29) is 11.7 Å². The number of nitriles is 1. The van der Waals surface area contributed by atoms with Gasteiger partial charge in [-0.05, 0) is 55.0 Å². The number of benzene rings is 1. The number of rotatable bonds is 5. The molecule has 0 amide bonds. The molecule has 1 saturated heterocycles. The van der Waals surface area contributed by atoms with Crippen molar-refractivity contribution in [3.63, 3.8) is 0 Å². The molecule has 164 valence electrons. The molecule has 5 rings (SSSR count). The van der Waals surface area contributed by atoms with Gasteiger partial charge in [-0.15, -0.1) is 0 Å². The number of aromatic nitrogens is 2. The molecule has 6 heteroatoms. The van der Waals surface area contributed by atoms with E-state index in [0.717, 1.165) is 42.9 Å². The third-order valence-electron chi connectivity index (χ3n) is 6.91. The van der Waals surface area contributed by atoms with Gasteiger partial charge in [0.2, 0.25) is 0 Å². The Labute approximate surface area is 188 Å². The summed E-state index contributed by atoms with van der Waals surface area (Å²) in [5.41, 5.74) is 3.94. The van der Waals surface area contributed by atoms with Crippen molar-refractivity contribution in [3.05, 3.63) is 64.1 Å². The first-order chi connectivity index (χ1) is 15.6. The van der Waals surface area contributed by atoms with E-state index < -0.39 is 0 Å². The second-order valence-corrected chi connectivity index (χ2v) is 9.01. The molecule has 0 radical (unpaired) electrons. The van der Waals surface area contributed by atoms with E-state index in [1.807, 2.05) is 6.07 Å². The highest BCUT2D eigenvalue weighted by molar-refractivity contribution is 5.88. The maximum absolute atomic E-state index is 12.6. The molecule has 1 aromatic carbocycles. The molecule has 1 saturated carbocycles. The van der Waals surface area contributed by atoms with Crippen LogP contribution in [-0.2, 0) is 7.05 Å². The fourth-order valence-electron chi connectivity index (χ4n) is 4.83. The van der Waals surface area contributed by atoms with E-state index >= 15 is 0 Å². The predicted octanol–water partition coefficient (Wildman–Crippen LogP) is 4.37. The smallest absolute Gasteiger partial charge is 0.252 e. The monoisotopic (exact) mass is 428 g/mol. The van der Waals surface area contributed by atoms with Gasteiger partial charge in [-0.3, -0.25) is 4.79 Å². The molecule has 6 nitrogen and oxygen atoms in total. The van der Waals surface area contributed by atoms with Crippen LogP contribution in [0.15, 0.2) is 47.3 Å². The highest BCUT2D eigenvalue weighted by Gasteiger charge is 2.31. The number of nitrogens with zero attached hydrogens (tertiary/aromatic N) is 4. The van der Waals surface area contributed by atoms with Crippen LogP contribution in [0.25, 0.3) is 11.0 Å². The topological polar surface area (TPSA) is 71.2 Å². The highest BCUT2D eigenvalue weighted by Crippen LogP contribution is 2.41. The maximum atomic E-state index is 12.6. The second-order valence-electron chi connectivity index (χ2n) is 9.01.